The van der Waals surface area contributed by atoms with Crippen molar-refractivity contribution >= 4 is 15.8 Å². The molecule has 0 spiro atoms. The molecule has 2 aromatic rings. The minimum absolute atomic E-state index is 0.200. The van der Waals surface area contributed by atoms with Gasteiger partial charge in [-0.3, -0.25) is 0 Å². The van der Waals surface area contributed by atoms with E-state index in [1.54, 1.807) is 18.2 Å². The first-order chi connectivity index (χ1) is 10.3. The van der Waals surface area contributed by atoms with E-state index in [0.717, 1.165) is 12.5 Å². The number of carboxylic acid groups (broad SMARTS) is 1. The highest BCUT2D eigenvalue weighted by Crippen LogP contribution is 2.31. The SMILES string of the molecule is COc1ccccc1Oc1nc(S(C)(=O)=O)ncc1C(=O)O. The third-order valence-corrected chi connectivity index (χ3v) is 3.43. The lowest BCUT2D eigenvalue weighted by atomic mass is 10.3. The van der Waals surface area contributed by atoms with E-state index in [1.165, 1.54) is 13.2 Å². The zero-order valence-electron chi connectivity index (χ0n) is 11.7. The summed E-state index contributed by atoms with van der Waals surface area (Å²) in [5.41, 5.74) is -0.363. The van der Waals surface area contributed by atoms with Gasteiger partial charge in [-0.05, 0) is 12.1 Å². The largest absolute Gasteiger partial charge is 0.493 e. The number of hydrogen-bond acceptors (Lipinski definition) is 7. The van der Waals surface area contributed by atoms with Gasteiger partial charge in [0, 0.05) is 6.26 Å². The van der Waals surface area contributed by atoms with Crippen molar-refractivity contribution < 1.29 is 27.8 Å². The van der Waals surface area contributed by atoms with Crippen LogP contribution in [0, 0.1) is 0 Å². The van der Waals surface area contributed by atoms with Crippen molar-refractivity contribution in [1.29, 1.82) is 0 Å². The molecule has 8 nitrogen and oxygen atoms in total. The number of hydrogen-bond donors (Lipinski definition) is 1. The summed E-state index contributed by atoms with van der Waals surface area (Å²) in [7, 11) is -2.28. The predicted octanol–water partition coefficient (Wildman–Crippen LogP) is 1.38. The number of nitrogens with zero attached hydrogens (tertiary/aromatic N) is 2. The minimum Gasteiger partial charge on any atom is -0.493 e. The number of para-hydroxylation sites is 2. The van der Waals surface area contributed by atoms with Crippen molar-refractivity contribution in [2.45, 2.75) is 5.16 Å². The molecular formula is C13H12N2O6S. The molecule has 0 amide bonds. The summed E-state index contributed by atoms with van der Waals surface area (Å²) in [6.45, 7) is 0. The standard InChI is InChI=1S/C13H12N2O6S/c1-20-9-5-3-4-6-10(9)21-11-8(12(16)17)7-14-13(15-11)22(2,18)19/h3-7H,1-2H3,(H,16,17). The second-order valence-electron chi connectivity index (χ2n) is 4.20. The van der Waals surface area contributed by atoms with Crippen LogP contribution in [0.5, 0.6) is 17.4 Å². The molecule has 0 bridgehead atoms. The van der Waals surface area contributed by atoms with Crippen molar-refractivity contribution in [3.05, 3.63) is 36.0 Å². The van der Waals surface area contributed by atoms with Crippen molar-refractivity contribution in [2.75, 3.05) is 13.4 Å². The monoisotopic (exact) mass is 324 g/mol. The van der Waals surface area contributed by atoms with Gasteiger partial charge < -0.3 is 14.6 Å². The summed E-state index contributed by atoms with van der Waals surface area (Å²) >= 11 is 0. The van der Waals surface area contributed by atoms with E-state index in [1.807, 2.05) is 0 Å². The third kappa shape index (κ3) is 3.31. The number of carbonyl (C=O) groups is 1. The average molecular weight is 324 g/mol. The molecule has 2 rings (SSSR count). The number of benzene rings is 1. The number of carboxylic acids is 1. The van der Waals surface area contributed by atoms with Crippen LogP contribution in [0.4, 0.5) is 0 Å². The lowest BCUT2D eigenvalue weighted by Crippen LogP contribution is -2.09. The fraction of sp³-hybridized carbons (Fsp3) is 0.154. The molecular weight excluding hydrogens is 312 g/mol. The molecule has 116 valence electrons. The van der Waals surface area contributed by atoms with Crippen LogP contribution in [0.3, 0.4) is 0 Å². The number of methoxy groups -OCH3 is 1. The lowest BCUT2D eigenvalue weighted by Gasteiger charge is -2.11. The van der Waals surface area contributed by atoms with Gasteiger partial charge in [-0.1, -0.05) is 12.1 Å². The minimum atomic E-state index is -3.70. The third-order valence-electron chi connectivity index (χ3n) is 2.57. The molecule has 0 fully saturated rings. The average Bonchev–Trinajstić information content (AvgIpc) is 2.46. The van der Waals surface area contributed by atoms with Crippen LogP contribution in [-0.2, 0) is 9.84 Å². The van der Waals surface area contributed by atoms with Crippen molar-refractivity contribution in [1.82, 2.24) is 9.97 Å². The number of aromatic nitrogens is 2. The van der Waals surface area contributed by atoms with Gasteiger partial charge in [0.15, 0.2) is 11.5 Å². The summed E-state index contributed by atoms with van der Waals surface area (Å²) in [6, 6.07) is 6.49. The molecule has 0 saturated carbocycles. The summed E-state index contributed by atoms with van der Waals surface area (Å²) < 4.78 is 33.5. The fourth-order valence-corrected chi connectivity index (χ4v) is 2.05. The molecule has 0 aliphatic rings. The summed E-state index contributed by atoms with van der Waals surface area (Å²) in [4.78, 5) is 18.4. The molecule has 1 aromatic carbocycles. The van der Waals surface area contributed by atoms with Crippen molar-refractivity contribution in [2.24, 2.45) is 0 Å². The first-order valence-electron chi connectivity index (χ1n) is 5.94. The van der Waals surface area contributed by atoms with Crippen LogP contribution in [0.15, 0.2) is 35.6 Å². The maximum absolute atomic E-state index is 11.5. The van der Waals surface area contributed by atoms with Crippen LogP contribution in [0.1, 0.15) is 10.4 Å². The fourth-order valence-electron chi connectivity index (χ4n) is 1.56. The normalized spacial score (nSPS) is 11.0. The molecule has 0 atom stereocenters. The Labute approximate surface area is 126 Å². The smallest absolute Gasteiger partial charge is 0.342 e. The molecule has 22 heavy (non-hydrogen) atoms. The Hall–Kier alpha value is -2.68. The van der Waals surface area contributed by atoms with Crippen LogP contribution >= 0.6 is 0 Å². The topological polar surface area (TPSA) is 116 Å². The Morgan fingerprint density at radius 1 is 1.23 bits per heavy atom. The van der Waals surface area contributed by atoms with Crippen LogP contribution < -0.4 is 9.47 Å². The predicted molar refractivity (Wildman–Crippen MR) is 75.2 cm³/mol. The van der Waals surface area contributed by atoms with Gasteiger partial charge in [0.2, 0.25) is 20.9 Å². The number of sulfone groups is 1. The van der Waals surface area contributed by atoms with Gasteiger partial charge in [0.25, 0.3) is 0 Å². The summed E-state index contributed by atoms with van der Waals surface area (Å²) in [5, 5.41) is 8.60. The molecule has 1 aromatic heterocycles. The Bertz CT molecular complexity index is 819. The molecule has 0 saturated heterocycles. The number of aromatic carboxylic acids is 1. The maximum atomic E-state index is 11.5. The van der Waals surface area contributed by atoms with E-state index < -0.39 is 21.0 Å². The second kappa shape index (κ2) is 5.98. The molecule has 1 heterocycles. The highest BCUT2D eigenvalue weighted by atomic mass is 32.2. The van der Waals surface area contributed by atoms with Crippen LogP contribution in [0.2, 0.25) is 0 Å². The van der Waals surface area contributed by atoms with Crippen LogP contribution in [0.25, 0.3) is 0 Å². The van der Waals surface area contributed by atoms with E-state index in [-0.39, 0.29) is 17.2 Å². The Kier molecular flexibility index (Phi) is 4.27. The van der Waals surface area contributed by atoms with Gasteiger partial charge in [-0.25, -0.2) is 18.2 Å². The zero-order valence-corrected chi connectivity index (χ0v) is 12.5. The van der Waals surface area contributed by atoms with E-state index in [4.69, 9.17) is 14.6 Å². The zero-order chi connectivity index (χ0) is 16.3. The lowest BCUT2D eigenvalue weighted by molar-refractivity contribution is 0.0692. The molecule has 9 heteroatoms. The summed E-state index contributed by atoms with van der Waals surface area (Å²) in [5.74, 6) is -1.18. The maximum Gasteiger partial charge on any atom is 0.342 e. The highest BCUT2D eigenvalue weighted by Gasteiger charge is 2.21. The Balaban J connectivity index is 2.54. The van der Waals surface area contributed by atoms with Gasteiger partial charge in [-0.15, -0.1) is 0 Å². The molecule has 0 unspecified atom stereocenters. The van der Waals surface area contributed by atoms with Crippen molar-refractivity contribution in [3.63, 3.8) is 0 Å². The first kappa shape index (κ1) is 15.7. The molecule has 0 aliphatic carbocycles. The van der Waals surface area contributed by atoms with E-state index in [9.17, 15) is 13.2 Å². The molecule has 0 aliphatic heterocycles. The molecule has 0 radical (unpaired) electrons. The van der Waals surface area contributed by atoms with E-state index >= 15 is 0 Å². The number of rotatable bonds is 5. The summed E-state index contributed by atoms with van der Waals surface area (Å²) in [6.07, 6.45) is 1.80. The van der Waals surface area contributed by atoms with Crippen molar-refractivity contribution in [3.8, 4) is 17.4 Å². The second-order valence-corrected chi connectivity index (χ2v) is 6.11. The van der Waals surface area contributed by atoms with Gasteiger partial charge in [0.1, 0.15) is 5.56 Å². The Morgan fingerprint density at radius 3 is 2.41 bits per heavy atom. The number of ether oxygens (including phenoxy) is 2. The first-order valence-corrected chi connectivity index (χ1v) is 7.83. The molecule has 1 N–H and O–H groups in total. The Morgan fingerprint density at radius 2 is 1.86 bits per heavy atom. The van der Waals surface area contributed by atoms with Gasteiger partial charge in [-0.2, -0.15) is 4.98 Å². The van der Waals surface area contributed by atoms with Gasteiger partial charge >= 0.3 is 5.97 Å². The van der Waals surface area contributed by atoms with E-state index in [2.05, 4.69) is 9.97 Å². The highest BCUT2D eigenvalue weighted by molar-refractivity contribution is 7.90. The van der Waals surface area contributed by atoms with Gasteiger partial charge in [0.05, 0.1) is 13.3 Å². The quantitative estimate of drug-likeness (QED) is 0.820. The van der Waals surface area contributed by atoms with Crippen LogP contribution in [-0.4, -0.2) is 42.8 Å². The van der Waals surface area contributed by atoms with E-state index in [0.29, 0.717) is 5.75 Å².